The van der Waals surface area contributed by atoms with Gasteiger partial charge in [-0.25, -0.2) is 0 Å². The van der Waals surface area contributed by atoms with Gasteiger partial charge in [-0.05, 0) is 62.5 Å². The second-order valence-corrected chi connectivity index (χ2v) is 8.35. The van der Waals surface area contributed by atoms with Crippen LogP contribution in [0.4, 0.5) is 0 Å². The average Bonchev–Trinajstić information content (AvgIpc) is 3.40. The zero-order valence-electron chi connectivity index (χ0n) is 16.0. The molecule has 0 bridgehead atoms. The van der Waals surface area contributed by atoms with E-state index in [2.05, 4.69) is 27.9 Å². The van der Waals surface area contributed by atoms with Crippen molar-refractivity contribution in [1.82, 2.24) is 20.4 Å². The lowest BCUT2D eigenvalue weighted by Crippen LogP contribution is -2.56. The van der Waals surface area contributed by atoms with E-state index in [1.165, 1.54) is 18.4 Å². The van der Waals surface area contributed by atoms with E-state index in [-0.39, 0.29) is 23.7 Å². The van der Waals surface area contributed by atoms with Gasteiger partial charge in [0.2, 0.25) is 5.91 Å². The smallest absolute Gasteiger partial charge is 0.248 e. The molecular weight excluding hydrogens is 395 g/mol. The summed E-state index contributed by atoms with van der Waals surface area (Å²) < 4.78 is 1.85. The van der Waals surface area contributed by atoms with Crippen molar-refractivity contribution < 1.29 is 4.79 Å². The molecule has 5 nitrogen and oxygen atoms in total. The fraction of sp³-hybridized carbons (Fsp3) is 0.524. The van der Waals surface area contributed by atoms with Crippen molar-refractivity contribution >= 4 is 29.9 Å². The van der Waals surface area contributed by atoms with Crippen LogP contribution < -0.4 is 10.6 Å². The van der Waals surface area contributed by atoms with E-state index in [9.17, 15) is 4.79 Å². The first-order valence-electron chi connectivity index (χ1n) is 9.90. The molecule has 2 fully saturated rings. The number of benzene rings is 1. The predicted octanol–water partition coefficient (Wildman–Crippen LogP) is 3.67. The normalized spacial score (nSPS) is 20.3. The van der Waals surface area contributed by atoms with Gasteiger partial charge in [0.1, 0.15) is 5.54 Å². The van der Waals surface area contributed by atoms with Gasteiger partial charge in [-0.3, -0.25) is 9.48 Å². The van der Waals surface area contributed by atoms with E-state index in [0.29, 0.717) is 6.54 Å². The molecule has 1 aromatic carbocycles. The third-order valence-corrected chi connectivity index (χ3v) is 6.62. The van der Waals surface area contributed by atoms with Crippen LogP contribution in [0.1, 0.15) is 44.1 Å². The number of halogens is 2. The van der Waals surface area contributed by atoms with E-state index in [4.69, 9.17) is 11.6 Å². The van der Waals surface area contributed by atoms with Crippen LogP contribution in [-0.2, 0) is 15.7 Å². The number of amides is 1. The highest BCUT2D eigenvalue weighted by Crippen LogP contribution is 2.41. The van der Waals surface area contributed by atoms with Crippen molar-refractivity contribution in [3.8, 4) is 0 Å². The Morgan fingerprint density at radius 2 is 1.93 bits per heavy atom. The third-order valence-electron chi connectivity index (χ3n) is 6.38. The monoisotopic (exact) mass is 422 g/mol. The molecule has 152 valence electrons. The van der Waals surface area contributed by atoms with Crippen LogP contribution in [0.25, 0.3) is 0 Å². The molecule has 1 amide bonds. The van der Waals surface area contributed by atoms with Crippen molar-refractivity contribution in [2.24, 2.45) is 0 Å². The highest BCUT2D eigenvalue weighted by Gasteiger charge is 2.43. The number of piperidine rings is 1. The van der Waals surface area contributed by atoms with E-state index in [1.54, 1.807) is 6.20 Å². The van der Waals surface area contributed by atoms with Gasteiger partial charge >= 0.3 is 0 Å². The molecular formula is C21H28Cl2N4O. The summed E-state index contributed by atoms with van der Waals surface area (Å²) in [7, 11) is 0. The summed E-state index contributed by atoms with van der Waals surface area (Å²) in [4.78, 5) is 13.4. The molecule has 0 atom stereocenters. The van der Waals surface area contributed by atoms with Crippen molar-refractivity contribution in [2.45, 2.75) is 49.5 Å². The molecule has 7 heteroatoms. The maximum Gasteiger partial charge on any atom is 0.248 e. The van der Waals surface area contributed by atoms with Gasteiger partial charge in [0.15, 0.2) is 0 Å². The number of hydrogen-bond acceptors (Lipinski definition) is 3. The molecule has 1 saturated heterocycles. The first kappa shape index (κ1) is 21.2. The fourth-order valence-corrected chi connectivity index (χ4v) is 4.96. The average molecular weight is 423 g/mol. The minimum absolute atomic E-state index is 0. The van der Waals surface area contributed by atoms with Crippen molar-refractivity contribution in [2.75, 3.05) is 19.6 Å². The van der Waals surface area contributed by atoms with Gasteiger partial charge in [0.25, 0.3) is 0 Å². The number of aromatic nitrogens is 2. The Labute approximate surface area is 177 Å². The lowest BCUT2D eigenvalue weighted by atomic mass is 9.78. The molecule has 4 rings (SSSR count). The van der Waals surface area contributed by atoms with Crippen LogP contribution in [0.3, 0.4) is 0 Å². The van der Waals surface area contributed by atoms with Crippen LogP contribution in [0, 0.1) is 0 Å². The van der Waals surface area contributed by atoms with E-state index in [1.807, 2.05) is 29.1 Å². The second-order valence-electron chi connectivity index (χ2n) is 7.91. The Balaban J connectivity index is 0.00000225. The summed E-state index contributed by atoms with van der Waals surface area (Å²) in [6.45, 7) is 2.31. The van der Waals surface area contributed by atoms with Crippen molar-refractivity contribution in [1.29, 1.82) is 0 Å². The number of carbonyl (C=O) groups is 1. The number of nitrogens with zero attached hydrogens (tertiary/aromatic N) is 2. The number of carbonyl (C=O) groups excluding carboxylic acids is 1. The molecule has 2 heterocycles. The lowest BCUT2D eigenvalue weighted by Gasteiger charge is -2.38. The maximum atomic E-state index is 13.4. The van der Waals surface area contributed by atoms with Gasteiger partial charge < -0.3 is 10.6 Å². The molecule has 0 unspecified atom stereocenters. The molecule has 1 aliphatic heterocycles. The van der Waals surface area contributed by atoms with Crippen LogP contribution in [0.5, 0.6) is 0 Å². The lowest BCUT2D eigenvalue weighted by molar-refractivity contribution is -0.132. The molecule has 2 aromatic rings. The Kier molecular flexibility index (Phi) is 6.69. The fourth-order valence-electron chi connectivity index (χ4n) is 4.77. The Bertz CT molecular complexity index is 781. The highest BCUT2D eigenvalue weighted by molar-refractivity contribution is 6.30. The Morgan fingerprint density at radius 1 is 1.18 bits per heavy atom. The summed E-state index contributed by atoms with van der Waals surface area (Å²) in [6, 6.07) is 10.0. The third kappa shape index (κ3) is 3.93. The summed E-state index contributed by atoms with van der Waals surface area (Å²) in [5.41, 5.74) is 0.632. The number of hydrogen-bond donors (Lipinski definition) is 2. The van der Waals surface area contributed by atoms with Crippen molar-refractivity contribution in [3.63, 3.8) is 0 Å². The minimum Gasteiger partial charge on any atom is -0.353 e. The van der Waals surface area contributed by atoms with Gasteiger partial charge in [0.05, 0.1) is 0 Å². The number of rotatable bonds is 5. The zero-order valence-corrected chi connectivity index (χ0v) is 17.6. The van der Waals surface area contributed by atoms with Gasteiger partial charge in [-0.2, -0.15) is 5.10 Å². The largest absolute Gasteiger partial charge is 0.353 e. The standard InChI is InChI=1S/C21H27ClN4O.ClH/c22-18-6-3-5-17(15-18)20(7-1-2-8-20)16-24-19(27)21(9-12-23-13-10-21)26-14-4-11-25-26;/h3-6,11,14-15,23H,1-2,7-10,12-13,16H2,(H,24,27);1H. The van der Waals surface area contributed by atoms with Crippen LogP contribution in [0.2, 0.25) is 5.02 Å². The molecule has 2 N–H and O–H groups in total. The topological polar surface area (TPSA) is 59.0 Å². The molecule has 28 heavy (non-hydrogen) atoms. The molecule has 1 saturated carbocycles. The van der Waals surface area contributed by atoms with Gasteiger partial charge in [-0.1, -0.05) is 36.6 Å². The first-order valence-corrected chi connectivity index (χ1v) is 10.3. The van der Waals surface area contributed by atoms with E-state index < -0.39 is 5.54 Å². The Morgan fingerprint density at radius 3 is 2.57 bits per heavy atom. The van der Waals surface area contributed by atoms with Gasteiger partial charge in [-0.15, -0.1) is 12.4 Å². The van der Waals surface area contributed by atoms with E-state index in [0.717, 1.165) is 43.8 Å². The summed E-state index contributed by atoms with van der Waals surface area (Å²) >= 11 is 6.25. The van der Waals surface area contributed by atoms with Crippen LogP contribution in [-0.4, -0.2) is 35.3 Å². The van der Waals surface area contributed by atoms with E-state index >= 15 is 0 Å². The maximum absolute atomic E-state index is 13.4. The first-order chi connectivity index (χ1) is 13.1. The quantitative estimate of drug-likeness (QED) is 0.772. The zero-order chi connectivity index (χ0) is 18.7. The minimum atomic E-state index is -0.594. The SMILES string of the molecule is Cl.O=C(NCC1(c2cccc(Cl)c2)CCCC1)C1(n2cccn2)CCNCC1. The molecule has 1 aliphatic carbocycles. The van der Waals surface area contributed by atoms with Crippen molar-refractivity contribution in [3.05, 3.63) is 53.3 Å². The number of nitrogens with one attached hydrogen (secondary N) is 2. The summed E-state index contributed by atoms with van der Waals surface area (Å²) in [5, 5.41) is 11.8. The van der Waals surface area contributed by atoms with Crippen LogP contribution in [0.15, 0.2) is 42.7 Å². The van der Waals surface area contributed by atoms with Crippen LogP contribution >= 0.6 is 24.0 Å². The molecule has 1 aromatic heterocycles. The summed E-state index contributed by atoms with van der Waals surface area (Å²) in [5.74, 6) is 0.0843. The molecule has 2 aliphatic rings. The predicted molar refractivity (Wildman–Crippen MR) is 114 cm³/mol. The Hall–Kier alpha value is -1.56. The molecule has 0 radical (unpaired) electrons. The highest BCUT2D eigenvalue weighted by atomic mass is 35.5. The second kappa shape index (κ2) is 8.85. The van der Waals surface area contributed by atoms with Gasteiger partial charge in [0, 0.05) is 29.4 Å². The molecule has 0 spiro atoms. The summed E-state index contributed by atoms with van der Waals surface area (Å²) in [6.07, 6.45) is 9.73.